The fourth-order valence-electron chi connectivity index (χ4n) is 2.97. The van der Waals surface area contributed by atoms with Crippen LogP contribution >= 0.6 is 0 Å². The molecule has 1 saturated heterocycles. The van der Waals surface area contributed by atoms with Crippen LogP contribution in [0.3, 0.4) is 0 Å². The monoisotopic (exact) mass is 367 g/mol. The van der Waals surface area contributed by atoms with Crippen molar-refractivity contribution in [3.8, 4) is 0 Å². The van der Waals surface area contributed by atoms with Gasteiger partial charge in [0.25, 0.3) is 5.91 Å². The summed E-state index contributed by atoms with van der Waals surface area (Å²) in [5.41, 5.74) is 2.24. The molecule has 3 N–H and O–H groups in total. The maximum atomic E-state index is 12.3. The van der Waals surface area contributed by atoms with Crippen LogP contribution in [0.1, 0.15) is 28.8 Å². The minimum Gasteiger partial charge on any atom is -0.376 e. The maximum Gasteiger partial charge on any atom is 0.251 e. The number of amides is 2. The van der Waals surface area contributed by atoms with E-state index in [1.165, 1.54) is 0 Å². The molecule has 0 radical (unpaired) electrons. The van der Waals surface area contributed by atoms with Crippen LogP contribution in [-0.4, -0.2) is 37.6 Å². The van der Waals surface area contributed by atoms with E-state index in [1.54, 1.807) is 24.3 Å². The van der Waals surface area contributed by atoms with Gasteiger partial charge in [-0.2, -0.15) is 0 Å². The number of hydrogen-bond donors (Lipinski definition) is 3. The van der Waals surface area contributed by atoms with Crippen molar-refractivity contribution in [3.63, 3.8) is 0 Å². The molecule has 0 spiro atoms. The highest BCUT2D eigenvalue weighted by Gasteiger charge is 2.16. The minimum absolute atomic E-state index is 0.104. The zero-order valence-electron chi connectivity index (χ0n) is 15.2. The Morgan fingerprint density at radius 2 is 1.93 bits per heavy atom. The van der Waals surface area contributed by atoms with Crippen LogP contribution in [0.25, 0.3) is 0 Å². The standard InChI is InChI=1S/C21H25N3O3/c25-20(15-22-13-16-6-2-1-3-7-16)24-18-9-4-8-17(12-18)21(26)23-14-19-10-5-11-27-19/h1-4,6-9,12,19,22H,5,10-11,13-15H2,(H,23,26)(H,24,25). The summed E-state index contributed by atoms with van der Waals surface area (Å²) in [5, 5.41) is 8.80. The van der Waals surface area contributed by atoms with Crippen LogP contribution in [0.2, 0.25) is 0 Å². The Morgan fingerprint density at radius 3 is 2.70 bits per heavy atom. The number of carbonyl (C=O) groups is 2. The predicted molar refractivity (Wildman–Crippen MR) is 105 cm³/mol. The normalized spacial score (nSPS) is 16.1. The number of carbonyl (C=O) groups excluding carboxylic acids is 2. The zero-order chi connectivity index (χ0) is 18.9. The summed E-state index contributed by atoms with van der Waals surface area (Å²) in [6, 6.07) is 16.8. The molecular weight excluding hydrogens is 342 g/mol. The number of ether oxygens (including phenoxy) is 1. The minimum atomic E-state index is -0.163. The fraction of sp³-hybridized carbons (Fsp3) is 0.333. The van der Waals surface area contributed by atoms with Crippen LogP contribution in [0.5, 0.6) is 0 Å². The second-order valence-corrected chi connectivity index (χ2v) is 6.56. The summed E-state index contributed by atoms with van der Waals surface area (Å²) < 4.78 is 5.51. The van der Waals surface area contributed by atoms with E-state index >= 15 is 0 Å². The van der Waals surface area contributed by atoms with E-state index in [9.17, 15) is 9.59 Å². The summed E-state index contributed by atoms with van der Waals surface area (Å²) in [4.78, 5) is 24.4. The second-order valence-electron chi connectivity index (χ2n) is 6.56. The number of rotatable bonds is 8. The van der Waals surface area contributed by atoms with Gasteiger partial charge < -0.3 is 20.7 Å². The molecule has 6 heteroatoms. The molecule has 1 heterocycles. The summed E-state index contributed by atoms with van der Waals surface area (Å²) in [5.74, 6) is -0.313. The molecule has 0 aliphatic carbocycles. The lowest BCUT2D eigenvalue weighted by molar-refractivity contribution is -0.115. The van der Waals surface area contributed by atoms with Crippen molar-refractivity contribution < 1.29 is 14.3 Å². The molecule has 2 aromatic rings. The molecular formula is C21H25N3O3. The Morgan fingerprint density at radius 1 is 1.07 bits per heavy atom. The largest absolute Gasteiger partial charge is 0.376 e. The molecule has 0 saturated carbocycles. The van der Waals surface area contributed by atoms with Crippen LogP contribution in [0, 0.1) is 0 Å². The molecule has 1 aliphatic heterocycles. The molecule has 3 rings (SSSR count). The van der Waals surface area contributed by atoms with E-state index in [0.29, 0.717) is 24.3 Å². The summed E-state index contributed by atoms with van der Waals surface area (Å²) >= 11 is 0. The van der Waals surface area contributed by atoms with Gasteiger partial charge in [0.05, 0.1) is 12.6 Å². The molecule has 0 bridgehead atoms. The van der Waals surface area contributed by atoms with Crippen molar-refractivity contribution in [1.82, 2.24) is 10.6 Å². The van der Waals surface area contributed by atoms with E-state index in [4.69, 9.17) is 4.74 Å². The SMILES string of the molecule is O=C(CNCc1ccccc1)Nc1cccc(C(=O)NCC2CCCO2)c1. The van der Waals surface area contributed by atoms with Gasteiger partial charge in [-0.1, -0.05) is 36.4 Å². The van der Waals surface area contributed by atoms with Crippen molar-refractivity contribution in [3.05, 3.63) is 65.7 Å². The van der Waals surface area contributed by atoms with Gasteiger partial charge in [-0.05, 0) is 36.6 Å². The van der Waals surface area contributed by atoms with E-state index in [2.05, 4.69) is 16.0 Å². The van der Waals surface area contributed by atoms with Gasteiger partial charge in [0.15, 0.2) is 0 Å². The van der Waals surface area contributed by atoms with Crippen molar-refractivity contribution in [1.29, 1.82) is 0 Å². The van der Waals surface area contributed by atoms with Crippen LogP contribution in [0.15, 0.2) is 54.6 Å². The molecule has 6 nitrogen and oxygen atoms in total. The number of nitrogens with one attached hydrogen (secondary N) is 3. The lowest BCUT2D eigenvalue weighted by Crippen LogP contribution is -2.32. The third-order valence-corrected chi connectivity index (χ3v) is 4.38. The first-order valence-electron chi connectivity index (χ1n) is 9.25. The summed E-state index contributed by atoms with van der Waals surface area (Å²) in [7, 11) is 0. The lowest BCUT2D eigenvalue weighted by Gasteiger charge is -2.12. The Balaban J connectivity index is 1.44. The van der Waals surface area contributed by atoms with Gasteiger partial charge in [0.2, 0.25) is 5.91 Å². The quantitative estimate of drug-likeness (QED) is 0.669. The van der Waals surface area contributed by atoms with Gasteiger partial charge in [-0.3, -0.25) is 9.59 Å². The van der Waals surface area contributed by atoms with Crippen molar-refractivity contribution >= 4 is 17.5 Å². The highest BCUT2D eigenvalue weighted by atomic mass is 16.5. The second kappa shape index (κ2) is 9.85. The fourth-order valence-corrected chi connectivity index (χ4v) is 2.97. The highest BCUT2D eigenvalue weighted by Crippen LogP contribution is 2.13. The molecule has 27 heavy (non-hydrogen) atoms. The summed E-state index contributed by atoms with van der Waals surface area (Å²) in [6.45, 7) is 2.10. The molecule has 142 valence electrons. The van der Waals surface area contributed by atoms with Gasteiger partial charge in [-0.15, -0.1) is 0 Å². The van der Waals surface area contributed by atoms with Crippen LogP contribution in [-0.2, 0) is 16.1 Å². The zero-order valence-corrected chi connectivity index (χ0v) is 15.2. The Hall–Kier alpha value is -2.70. The van der Waals surface area contributed by atoms with Gasteiger partial charge in [0.1, 0.15) is 0 Å². The third-order valence-electron chi connectivity index (χ3n) is 4.38. The molecule has 2 aromatic carbocycles. The summed E-state index contributed by atoms with van der Waals surface area (Å²) in [6.07, 6.45) is 2.12. The Kier molecular flexibility index (Phi) is 6.96. The Labute approximate surface area is 159 Å². The van der Waals surface area contributed by atoms with Gasteiger partial charge in [-0.25, -0.2) is 0 Å². The lowest BCUT2D eigenvalue weighted by atomic mass is 10.1. The maximum absolute atomic E-state index is 12.3. The topological polar surface area (TPSA) is 79.5 Å². The van der Waals surface area contributed by atoms with E-state index in [0.717, 1.165) is 25.0 Å². The molecule has 1 unspecified atom stereocenters. The van der Waals surface area contributed by atoms with Crippen molar-refractivity contribution in [2.75, 3.05) is 25.0 Å². The average Bonchev–Trinajstić information content (AvgIpc) is 3.21. The average molecular weight is 367 g/mol. The first-order chi connectivity index (χ1) is 13.2. The molecule has 1 aliphatic rings. The Bertz CT molecular complexity index is 758. The first-order valence-corrected chi connectivity index (χ1v) is 9.25. The number of benzene rings is 2. The van der Waals surface area contributed by atoms with Crippen LogP contribution in [0.4, 0.5) is 5.69 Å². The van der Waals surface area contributed by atoms with Gasteiger partial charge in [0, 0.05) is 30.9 Å². The molecule has 1 fully saturated rings. The van der Waals surface area contributed by atoms with Crippen molar-refractivity contribution in [2.24, 2.45) is 0 Å². The van der Waals surface area contributed by atoms with E-state index < -0.39 is 0 Å². The predicted octanol–water partition coefficient (Wildman–Crippen LogP) is 2.32. The first kappa shape index (κ1) is 19.1. The molecule has 0 aromatic heterocycles. The van der Waals surface area contributed by atoms with E-state index in [-0.39, 0.29) is 24.5 Å². The third kappa shape index (κ3) is 6.20. The smallest absolute Gasteiger partial charge is 0.251 e. The highest BCUT2D eigenvalue weighted by molar-refractivity contribution is 5.97. The molecule has 2 amide bonds. The number of hydrogen-bond acceptors (Lipinski definition) is 4. The van der Waals surface area contributed by atoms with Crippen LogP contribution < -0.4 is 16.0 Å². The van der Waals surface area contributed by atoms with E-state index in [1.807, 2.05) is 30.3 Å². The van der Waals surface area contributed by atoms with Crippen molar-refractivity contribution in [2.45, 2.75) is 25.5 Å². The van der Waals surface area contributed by atoms with Gasteiger partial charge >= 0.3 is 0 Å². The molecule has 1 atom stereocenters. The number of anilines is 1.